The quantitative estimate of drug-likeness (QED) is 0.506. The summed E-state index contributed by atoms with van der Waals surface area (Å²) in [6, 6.07) is 0. The van der Waals surface area contributed by atoms with E-state index in [-0.39, 0.29) is 0 Å². The lowest BCUT2D eigenvalue weighted by Gasteiger charge is -2.45. The second-order valence-corrected chi connectivity index (χ2v) is 6.16. The summed E-state index contributed by atoms with van der Waals surface area (Å²) in [7, 11) is 1.78. The van der Waals surface area contributed by atoms with Crippen molar-refractivity contribution < 1.29 is 0 Å². The summed E-state index contributed by atoms with van der Waals surface area (Å²) in [6.07, 6.45) is 6.93. The van der Waals surface area contributed by atoms with E-state index in [0.29, 0.717) is 4.75 Å². The van der Waals surface area contributed by atoms with E-state index in [1.165, 1.54) is 37.9 Å². The molecule has 0 unspecified atom stereocenters. The Labute approximate surface area is 96.5 Å². The smallest absolute Gasteiger partial charge is 0.191 e. The van der Waals surface area contributed by atoms with Crippen LogP contribution in [0.3, 0.4) is 0 Å². The second kappa shape index (κ2) is 4.64. The van der Waals surface area contributed by atoms with E-state index in [1.54, 1.807) is 7.05 Å². The zero-order valence-electron chi connectivity index (χ0n) is 9.54. The summed E-state index contributed by atoms with van der Waals surface area (Å²) >= 11 is 2.17. The molecule has 1 aliphatic heterocycles. The van der Waals surface area contributed by atoms with Gasteiger partial charge in [-0.3, -0.25) is 4.99 Å². The first-order chi connectivity index (χ1) is 7.26. The first-order valence-corrected chi connectivity index (χ1v) is 6.85. The fourth-order valence-electron chi connectivity index (χ4n) is 2.68. The lowest BCUT2D eigenvalue weighted by Crippen LogP contribution is -2.52. The third kappa shape index (κ3) is 2.41. The van der Waals surface area contributed by atoms with Crippen LogP contribution in [0.2, 0.25) is 0 Å². The molecule has 2 N–H and O–H groups in total. The zero-order chi connectivity index (χ0) is 10.7. The van der Waals surface area contributed by atoms with Gasteiger partial charge in [-0.1, -0.05) is 19.3 Å². The fourth-order valence-corrected chi connectivity index (χ4v) is 4.25. The van der Waals surface area contributed by atoms with Crippen LogP contribution in [0, 0.1) is 0 Å². The van der Waals surface area contributed by atoms with E-state index in [1.807, 2.05) is 0 Å². The minimum atomic E-state index is 0.492. The van der Waals surface area contributed by atoms with E-state index in [9.17, 15) is 0 Å². The van der Waals surface area contributed by atoms with Gasteiger partial charge in [0.1, 0.15) is 0 Å². The van der Waals surface area contributed by atoms with Gasteiger partial charge in [-0.15, -0.1) is 0 Å². The van der Waals surface area contributed by atoms with E-state index in [0.717, 1.165) is 19.0 Å². The van der Waals surface area contributed by atoms with Crippen LogP contribution in [0.5, 0.6) is 0 Å². The van der Waals surface area contributed by atoms with Crippen molar-refractivity contribution in [1.82, 2.24) is 4.90 Å². The number of aliphatic imine (C=N–C) groups is 1. The molecule has 0 amide bonds. The molecule has 3 nitrogen and oxygen atoms in total. The average molecular weight is 227 g/mol. The van der Waals surface area contributed by atoms with Gasteiger partial charge in [-0.25, -0.2) is 0 Å². The number of rotatable bonds is 0. The van der Waals surface area contributed by atoms with Crippen LogP contribution < -0.4 is 5.73 Å². The maximum absolute atomic E-state index is 5.90. The summed E-state index contributed by atoms with van der Waals surface area (Å²) in [6.45, 7) is 2.18. The molecule has 0 aromatic carbocycles. The van der Waals surface area contributed by atoms with Crippen LogP contribution in [-0.4, -0.2) is 41.5 Å². The van der Waals surface area contributed by atoms with Gasteiger partial charge in [0, 0.05) is 30.6 Å². The summed E-state index contributed by atoms with van der Waals surface area (Å²) in [4.78, 5) is 6.37. The van der Waals surface area contributed by atoms with Gasteiger partial charge in [0.15, 0.2) is 5.96 Å². The Bertz CT molecular complexity index is 241. The average Bonchev–Trinajstić information content (AvgIpc) is 2.29. The van der Waals surface area contributed by atoms with Crippen LogP contribution >= 0.6 is 11.8 Å². The Kier molecular flexibility index (Phi) is 3.44. The molecule has 2 fully saturated rings. The van der Waals surface area contributed by atoms with Crippen molar-refractivity contribution in [3.05, 3.63) is 0 Å². The standard InChI is InChI=1S/C11H21N3S/c1-13-10(12)14-7-8-15-11(9-14)5-3-2-4-6-11/h2-9H2,1H3,(H2,12,13). The Morgan fingerprint density at radius 1 is 1.33 bits per heavy atom. The van der Waals surface area contributed by atoms with Gasteiger partial charge >= 0.3 is 0 Å². The van der Waals surface area contributed by atoms with Gasteiger partial charge in [0.2, 0.25) is 0 Å². The maximum Gasteiger partial charge on any atom is 0.191 e. The molecule has 0 atom stereocenters. The SMILES string of the molecule is CN=C(N)N1CCSC2(CCCCC2)C1. The molecule has 2 rings (SSSR count). The fraction of sp³-hybridized carbons (Fsp3) is 0.909. The number of nitrogens with two attached hydrogens (primary N) is 1. The third-order valence-corrected chi connectivity index (χ3v) is 5.10. The Balaban J connectivity index is 2.02. The molecule has 1 aliphatic carbocycles. The predicted molar refractivity (Wildman–Crippen MR) is 67.4 cm³/mol. The van der Waals surface area contributed by atoms with Crippen molar-refractivity contribution in [3.8, 4) is 0 Å². The van der Waals surface area contributed by atoms with Crippen LogP contribution in [-0.2, 0) is 0 Å². The maximum atomic E-state index is 5.90. The summed E-state index contributed by atoms with van der Waals surface area (Å²) in [5, 5.41) is 0. The van der Waals surface area contributed by atoms with Crippen LogP contribution in [0.4, 0.5) is 0 Å². The molecule has 0 aromatic rings. The molecule has 1 heterocycles. The van der Waals surface area contributed by atoms with Gasteiger partial charge in [0.25, 0.3) is 0 Å². The number of thioether (sulfide) groups is 1. The minimum Gasteiger partial charge on any atom is -0.370 e. The van der Waals surface area contributed by atoms with Crippen LogP contribution in [0.25, 0.3) is 0 Å². The topological polar surface area (TPSA) is 41.6 Å². The van der Waals surface area contributed by atoms with Crippen LogP contribution in [0.15, 0.2) is 4.99 Å². The van der Waals surface area contributed by atoms with E-state index in [4.69, 9.17) is 5.73 Å². The molecule has 4 heteroatoms. The van der Waals surface area contributed by atoms with Gasteiger partial charge in [-0.2, -0.15) is 11.8 Å². The highest BCUT2D eigenvalue weighted by Crippen LogP contribution is 2.42. The van der Waals surface area contributed by atoms with Crippen molar-refractivity contribution in [3.63, 3.8) is 0 Å². The lowest BCUT2D eigenvalue weighted by molar-refractivity contribution is 0.297. The predicted octanol–water partition coefficient (Wildman–Crippen LogP) is 1.68. The third-order valence-electron chi connectivity index (χ3n) is 3.57. The molecule has 0 bridgehead atoms. The molecule has 1 spiro atoms. The molecular weight excluding hydrogens is 206 g/mol. The van der Waals surface area contributed by atoms with E-state index in [2.05, 4.69) is 21.7 Å². The number of guanidine groups is 1. The van der Waals surface area contributed by atoms with Gasteiger partial charge in [-0.05, 0) is 12.8 Å². The van der Waals surface area contributed by atoms with Gasteiger partial charge < -0.3 is 10.6 Å². The number of hydrogen-bond acceptors (Lipinski definition) is 2. The summed E-state index contributed by atoms with van der Waals surface area (Å²) in [5.41, 5.74) is 5.90. The Morgan fingerprint density at radius 3 is 2.73 bits per heavy atom. The van der Waals surface area contributed by atoms with Crippen molar-refractivity contribution in [1.29, 1.82) is 0 Å². The van der Waals surface area contributed by atoms with Crippen molar-refractivity contribution >= 4 is 17.7 Å². The highest BCUT2D eigenvalue weighted by Gasteiger charge is 2.37. The lowest BCUT2D eigenvalue weighted by atomic mass is 9.87. The molecular formula is C11H21N3S. The number of hydrogen-bond donors (Lipinski definition) is 1. The molecule has 0 aromatic heterocycles. The number of nitrogens with zero attached hydrogens (tertiary/aromatic N) is 2. The molecule has 1 saturated carbocycles. The first kappa shape index (κ1) is 11.1. The summed E-state index contributed by atoms with van der Waals surface area (Å²) < 4.78 is 0.492. The monoisotopic (exact) mass is 227 g/mol. The Morgan fingerprint density at radius 2 is 2.07 bits per heavy atom. The second-order valence-electron chi connectivity index (χ2n) is 4.60. The van der Waals surface area contributed by atoms with Crippen LogP contribution in [0.1, 0.15) is 32.1 Å². The first-order valence-electron chi connectivity index (χ1n) is 5.87. The highest BCUT2D eigenvalue weighted by atomic mass is 32.2. The highest BCUT2D eigenvalue weighted by molar-refractivity contribution is 8.00. The van der Waals surface area contributed by atoms with Gasteiger partial charge in [0.05, 0.1) is 0 Å². The Hall–Kier alpha value is -0.380. The van der Waals surface area contributed by atoms with Crippen molar-refractivity contribution in [2.45, 2.75) is 36.9 Å². The summed E-state index contributed by atoms with van der Waals surface area (Å²) in [5.74, 6) is 1.93. The molecule has 2 aliphatic rings. The molecule has 86 valence electrons. The van der Waals surface area contributed by atoms with Crippen molar-refractivity contribution in [2.75, 3.05) is 25.9 Å². The minimum absolute atomic E-state index is 0.492. The zero-order valence-corrected chi connectivity index (χ0v) is 10.4. The largest absolute Gasteiger partial charge is 0.370 e. The molecule has 1 saturated heterocycles. The van der Waals surface area contributed by atoms with Crippen molar-refractivity contribution in [2.24, 2.45) is 10.7 Å². The van der Waals surface area contributed by atoms with E-state index >= 15 is 0 Å². The molecule has 15 heavy (non-hydrogen) atoms. The normalized spacial score (nSPS) is 27.0. The van der Waals surface area contributed by atoms with E-state index < -0.39 is 0 Å². The molecule has 0 radical (unpaired) electrons.